The zero-order valence-corrected chi connectivity index (χ0v) is 18.2. The quantitative estimate of drug-likeness (QED) is 0.588. The van der Waals surface area contributed by atoms with E-state index in [1.807, 2.05) is 11.9 Å². The van der Waals surface area contributed by atoms with Gasteiger partial charge in [-0.05, 0) is 49.9 Å². The van der Waals surface area contributed by atoms with Crippen LogP contribution in [0.25, 0.3) is 0 Å². The number of guanidine groups is 1. The van der Waals surface area contributed by atoms with Crippen LogP contribution in [0.5, 0.6) is 0 Å². The minimum Gasteiger partial charge on any atom is -0.368 e. The van der Waals surface area contributed by atoms with Crippen LogP contribution in [0.4, 0.5) is 0 Å². The van der Waals surface area contributed by atoms with Crippen molar-refractivity contribution in [2.45, 2.75) is 44.9 Å². The van der Waals surface area contributed by atoms with E-state index in [4.69, 9.17) is 4.74 Å². The predicted octanol–water partition coefficient (Wildman–Crippen LogP) is 1.68. The minimum absolute atomic E-state index is 0.157. The summed E-state index contributed by atoms with van der Waals surface area (Å²) in [6.07, 6.45) is 4.29. The monoisotopic (exact) mass is 413 g/mol. The Morgan fingerprint density at radius 3 is 2.30 bits per heavy atom. The Morgan fingerprint density at radius 2 is 1.67 bits per heavy atom. The smallest absolute Gasteiger partial charge is 0.251 e. The number of ether oxygens (including phenoxy) is 1. The van der Waals surface area contributed by atoms with Gasteiger partial charge >= 0.3 is 0 Å². The van der Waals surface area contributed by atoms with Crippen LogP contribution < -0.4 is 5.32 Å². The first-order chi connectivity index (χ1) is 14.7. The van der Waals surface area contributed by atoms with Gasteiger partial charge in [0, 0.05) is 52.9 Å². The van der Waals surface area contributed by atoms with E-state index in [0.29, 0.717) is 6.61 Å². The molecule has 3 saturated heterocycles. The zero-order valence-electron chi connectivity index (χ0n) is 18.2. The van der Waals surface area contributed by atoms with Crippen LogP contribution in [0.2, 0.25) is 0 Å². The summed E-state index contributed by atoms with van der Waals surface area (Å²) in [5.41, 5.74) is 2.64. The highest BCUT2D eigenvalue weighted by Crippen LogP contribution is 2.16. The third-order valence-electron chi connectivity index (χ3n) is 6.39. The van der Waals surface area contributed by atoms with Gasteiger partial charge in [0.25, 0.3) is 5.91 Å². The number of rotatable bonds is 5. The van der Waals surface area contributed by atoms with Gasteiger partial charge in [0.1, 0.15) is 6.10 Å². The number of likely N-dealkylation sites (tertiary alicyclic amines) is 1. The second kappa shape index (κ2) is 10.3. The van der Waals surface area contributed by atoms with Crippen molar-refractivity contribution in [3.05, 3.63) is 35.4 Å². The van der Waals surface area contributed by atoms with E-state index in [-0.39, 0.29) is 12.0 Å². The number of amides is 1. The van der Waals surface area contributed by atoms with Crippen molar-refractivity contribution in [2.24, 2.45) is 4.99 Å². The number of hydrogen-bond acceptors (Lipinski definition) is 4. The zero-order chi connectivity index (χ0) is 20.8. The fraction of sp³-hybridized carbons (Fsp3) is 0.652. The van der Waals surface area contributed by atoms with Crippen LogP contribution in [-0.4, -0.2) is 85.6 Å². The molecule has 0 aliphatic carbocycles. The topological polar surface area (TPSA) is 60.4 Å². The molecule has 7 nitrogen and oxygen atoms in total. The number of carbonyl (C=O) groups excluding carboxylic acids is 1. The lowest BCUT2D eigenvalue weighted by atomic mass is 10.1. The van der Waals surface area contributed by atoms with E-state index in [1.54, 1.807) is 0 Å². The molecule has 3 fully saturated rings. The molecule has 0 radical (unpaired) electrons. The van der Waals surface area contributed by atoms with Gasteiger partial charge in [-0.3, -0.25) is 14.7 Å². The van der Waals surface area contributed by atoms with E-state index in [0.717, 1.165) is 58.1 Å². The van der Waals surface area contributed by atoms with E-state index in [9.17, 15) is 4.79 Å². The number of piperazine rings is 1. The van der Waals surface area contributed by atoms with Gasteiger partial charge in [-0.2, -0.15) is 0 Å². The van der Waals surface area contributed by atoms with Gasteiger partial charge in [-0.25, -0.2) is 0 Å². The summed E-state index contributed by atoms with van der Waals surface area (Å²) in [5.74, 6) is 1.06. The molecule has 164 valence electrons. The Balaban J connectivity index is 1.22. The van der Waals surface area contributed by atoms with E-state index in [1.165, 1.54) is 37.1 Å². The van der Waals surface area contributed by atoms with Crippen LogP contribution in [0.1, 0.15) is 36.8 Å². The van der Waals surface area contributed by atoms with Gasteiger partial charge in [-0.15, -0.1) is 0 Å². The molecule has 7 heteroatoms. The van der Waals surface area contributed by atoms with Crippen LogP contribution >= 0.6 is 0 Å². The SMILES string of the molecule is CN=C(NCc1ccc(CN2CCCC2)cc1)N1CCN(C(=O)C2CCCO2)CC1. The lowest BCUT2D eigenvalue weighted by Gasteiger charge is -2.37. The predicted molar refractivity (Wildman–Crippen MR) is 118 cm³/mol. The third-order valence-corrected chi connectivity index (χ3v) is 6.39. The molecule has 0 saturated carbocycles. The number of hydrogen-bond donors (Lipinski definition) is 1. The molecule has 1 aromatic carbocycles. The molecule has 1 unspecified atom stereocenters. The lowest BCUT2D eigenvalue weighted by molar-refractivity contribution is -0.142. The summed E-state index contributed by atoms with van der Waals surface area (Å²) in [7, 11) is 1.82. The minimum atomic E-state index is -0.220. The van der Waals surface area contributed by atoms with Crippen molar-refractivity contribution in [3.8, 4) is 0 Å². The van der Waals surface area contributed by atoms with Crippen molar-refractivity contribution < 1.29 is 9.53 Å². The Labute approximate surface area is 180 Å². The normalized spacial score (nSPS) is 23.2. The Kier molecular flexibility index (Phi) is 7.23. The molecular weight excluding hydrogens is 378 g/mol. The van der Waals surface area contributed by atoms with Crippen LogP contribution in [0, 0.1) is 0 Å². The fourth-order valence-corrected chi connectivity index (χ4v) is 4.59. The molecule has 3 heterocycles. The van der Waals surface area contributed by atoms with Crippen LogP contribution in [0.3, 0.4) is 0 Å². The molecule has 1 amide bonds. The Morgan fingerprint density at radius 1 is 1.00 bits per heavy atom. The first-order valence-corrected chi connectivity index (χ1v) is 11.4. The van der Waals surface area contributed by atoms with Crippen molar-refractivity contribution in [1.29, 1.82) is 0 Å². The largest absolute Gasteiger partial charge is 0.368 e. The van der Waals surface area contributed by atoms with Crippen molar-refractivity contribution in [2.75, 3.05) is 52.9 Å². The summed E-state index contributed by atoms with van der Waals surface area (Å²) >= 11 is 0. The summed E-state index contributed by atoms with van der Waals surface area (Å²) < 4.78 is 5.55. The van der Waals surface area contributed by atoms with Crippen LogP contribution in [-0.2, 0) is 22.6 Å². The maximum atomic E-state index is 12.5. The van der Waals surface area contributed by atoms with E-state index >= 15 is 0 Å². The van der Waals surface area contributed by atoms with Gasteiger partial charge < -0.3 is 19.9 Å². The summed E-state index contributed by atoms with van der Waals surface area (Å²) in [4.78, 5) is 23.7. The van der Waals surface area contributed by atoms with Crippen molar-refractivity contribution >= 4 is 11.9 Å². The van der Waals surface area contributed by atoms with Gasteiger partial charge in [-0.1, -0.05) is 24.3 Å². The van der Waals surface area contributed by atoms with Crippen molar-refractivity contribution in [3.63, 3.8) is 0 Å². The van der Waals surface area contributed by atoms with Crippen LogP contribution in [0.15, 0.2) is 29.3 Å². The van der Waals surface area contributed by atoms with Gasteiger partial charge in [0.2, 0.25) is 0 Å². The molecule has 1 aromatic rings. The first-order valence-electron chi connectivity index (χ1n) is 11.4. The molecular formula is C23H35N5O2. The maximum Gasteiger partial charge on any atom is 0.251 e. The average molecular weight is 414 g/mol. The molecule has 1 atom stereocenters. The number of nitrogens with zero attached hydrogens (tertiary/aromatic N) is 4. The van der Waals surface area contributed by atoms with Crippen molar-refractivity contribution in [1.82, 2.24) is 20.0 Å². The highest BCUT2D eigenvalue weighted by Gasteiger charge is 2.30. The third kappa shape index (κ3) is 5.32. The number of benzene rings is 1. The second-order valence-electron chi connectivity index (χ2n) is 8.51. The number of aliphatic imine (C=N–C) groups is 1. The Bertz CT molecular complexity index is 716. The highest BCUT2D eigenvalue weighted by atomic mass is 16.5. The standard InChI is InChI=1S/C23H35N5O2/c1-24-23(28-14-12-27(13-15-28)22(29)21-5-4-16-30-21)25-17-19-6-8-20(9-7-19)18-26-10-2-3-11-26/h6-9,21H,2-5,10-18H2,1H3,(H,24,25). The van der Waals surface area contributed by atoms with Gasteiger partial charge in [0.05, 0.1) is 0 Å². The van der Waals surface area contributed by atoms with E-state index < -0.39 is 0 Å². The second-order valence-corrected chi connectivity index (χ2v) is 8.51. The summed E-state index contributed by atoms with van der Waals surface area (Å²) in [6, 6.07) is 8.91. The molecule has 0 aromatic heterocycles. The maximum absolute atomic E-state index is 12.5. The molecule has 30 heavy (non-hydrogen) atoms. The molecule has 0 spiro atoms. The van der Waals surface area contributed by atoms with Gasteiger partial charge in [0.15, 0.2) is 5.96 Å². The number of carbonyl (C=O) groups is 1. The fourth-order valence-electron chi connectivity index (χ4n) is 4.59. The molecule has 3 aliphatic heterocycles. The summed E-state index contributed by atoms with van der Waals surface area (Å²) in [5, 5.41) is 3.48. The molecule has 4 rings (SSSR count). The molecule has 3 aliphatic rings. The molecule has 1 N–H and O–H groups in total. The average Bonchev–Trinajstić information content (AvgIpc) is 3.50. The summed E-state index contributed by atoms with van der Waals surface area (Å²) in [6.45, 7) is 8.04. The number of nitrogens with one attached hydrogen (secondary N) is 1. The Hall–Kier alpha value is -2.12. The molecule has 0 bridgehead atoms. The lowest BCUT2D eigenvalue weighted by Crippen LogP contribution is -2.55. The van der Waals surface area contributed by atoms with E-state index in [2.05, 4.69) is 44.4 Å². The first kappa shape index (κ1) is 21.1. The highest BCUT2D eigenvalue weighted by molar-refractivity contribution is 5.82.